The van der Waals surface area contributed by atoms with Gasteiger partial charge in [0.05, 0.1) is 0 Å². The molecule has 11 heavy (non-hydrogen) atoms. The third kappa shape index (κ3) is 1.66. The Kier molecular flexibility index (Phi) is 2.39. The highest BCUT2D eigenvalue weighted by Gasteiger charge is 2.31. The molecule has 0 N–H and O–H groups in total. The van der Waals surface area contributed by atoms with Gasteiger partial charge in [0.25, 0.3) is 0 Å². The third-order valence-electron chi connectivity index (χ3n) is 2.88. The first kappa shape index (κ1) is 8.40. The van der Waals surface area contributed by atoms with Crippen LogP contribution in [0.3, 0.4) is 0 Å². The Morgan fingerprint density at radius 1 is 1.73 bits per heavy atom. The third-order valence-corrected chi connectivity index (χ3v) is 2.88. The second kappa shape index (κ2) is 3.13. The van der Waals surface area contributed by atoms with E-state index >= 15 is 0 Å². The van der Waals surface area contributed by atoms with E-state index < -0.39 is 0 Å². The van der Waals surface area contributed by atoms with Gasteiger partial charge >= 0.3 is 0 Å². The van der Waals surface area contributed by atoms with Crippen LogP contribution in [0.5, 0.6) is 0 Å². The molecule has 1 fully saturated rings. The summed E-state index contributed by atoms with van der Waals surface area (Å²) in [4.78, 5) is 0. The van der Waals surface area contributed by atoms with E-state index in [0.29, 0.717) is 5.41 Å². The van der Waals surface area contributed by atoms with Crippen molar-refractivity contribution in [2.24, 2.45) is 5.41 Å². The van der Waals surface area contributed by atoms with Crippen LogP contribution in [0.4, 0.5) is 0 Å². The summed E-state index contributed by atoms with van der Waals surface area (Å²) in [7, 11) is 0. The minimum absolute atomic E-state index is 0.367. The van der Waals surface area contributed by atoms with E-state index in [1.54, 1.807) is 0 Å². The summed E-state index contributed by atoms with van der Waals surface area (Å²) in [6.45, 7) is 6.38. The van der Waals surface area contributed by atoms with Gasteiger partial charge in [-0.2, -0.15) is 0 Å². The molecule has 0 unspecified atom stereocenters. The van der Waals surface area contributed by atoms with Gasteiger partial charge < -0.3 is 0 Å². The van der Waals surface area contributed by atoms with E-state index in [-0.39, 0.29) is 0 Å². The fourth-order valence-electron chi connectivity index (χ4n) is 1.82. The molecule has 0 saturated heterocycles. The normalized spacial score (nSPS) is 30.4. The first-order valence-electron chi connectivity index (χ1n) is 4.31. The molecule has 0 aromatic carbocycles. The molecule has 0 aromatic rings. The van der Waals surface area contributed by atoms with Crippen molar-refractivity contribution < 1.29 is 0 Å². The molecule has 0 nitrogen and oxygen atoms in total. The van der Waals surface area contributed by atoms with Crippen molar-refractivity contribution in [1.29, 1.82) is 0 Å². The first-order valence-corrected chi connectivity index (χ1v) is 4.31. The van der Waals surface area contributed by atoms with Crippen LogP contribution in [-0.4, -0.2) is 0 Å². The van der Waals surface area contributed by atoms with E-state index in [9.17, 15) is 0 Å². The van der Waals surface area contributed by atoms with Crippen LogP contribution in [-0.2, 0) is 0 Å². The van der Waals surface area contributed by atoms with E-state index in [4.69, 9.17) is 6.42 Å². The van der Waals surface area contributed by atoms with Gasteiger partial charge in [-0.1, -0.05) is 19.1 Å². The molecule has 0 radical (unpaired) electrons. The first-order chi connectivity index (χ1) is 5.19. The van der Waals surface area contributed by atoms with Gasteiger partial charge in [-0.15, -0.1) is 12.3 Å². The van der Waals surface area contributed by atoms with Gasteiger partial charge in [-0.05, 0) is 31.1 Å². The summed E-state index contributed by atoms with van der Waals surface area (Å²) in [5.41, 5.74) is 1.78. The van der Waals surface area contributed by atoms with Crippen molar-refractivity contribution in [3.8, 4) is 12.3 Å². The number of terminal acetylenes is 1. The summed E-state index contributed by atoms with van der Waals surface area (Å²) in [6, 6.07) is 0. The maximum Gasteiger partial charge on any atom is 0.00943 e. The molecule has 1 aliphatic carbocycles. The molecule has 0 heteroatoms. The topological polar surface area (TPSA) is 0 Å². The zero-order valence-corrected chi connectivity index (χ0v) is 7.32. The summed E-state index contributed by atoms with van der Waals surface area (Å²) in [5.74, 6) is 2.70. The molecule has 0 amide bonds. The fraction of sp³-hybridized carbons (Fsp3) is 0.636. The van der Waals surface area contributed by atoms with Crippen molar-refractivity contribution >= 4 is 0 Å². The molecule has 0 heterocycles. The van der Waals surface area contributed by atoms with E-state index in [2.05, 4.69) is 19.4 Å². The molecule has 0 spiro atoms. The summed E-state index contributed by atoms with van der Waals surface area (Å²) in [5, 5.41) is 0. The van der Waals surface area contributed by atoms with Gasteiger partial charge in [0.15, 0.2) is 0 Å². The Morgan fingerprint density at radius 3 is 2.91 bits per heavy atom. The maximum atomic E-state index is 5.23. The summed E-state index contributed by atoms with van der Waals surface area (Å²) < 4.78 is 0. The smallest absolute Gasteiger partial charge is 0.00943 e. The average molecular weight is 148 g/mol. The quantitative estimate of drug-likeness (QED) is 0.417. The predicted molar refractivity (Wildman–Crippen MR) is 49.2 cm³/mol. The number of hydrogen-bond acceptors (Lipinski definition) is 0. The second-order valence-electron chi connectivity index (χ2n) is 3.72. The Bertz CT molecular complexity index is 195. The number of hydrogen-bond donors (Lipinski definition) is 0. The van der Waals surface area contributed by atoms with Gasteiger partial charge in [-0.3, -0.25) is 0 Å². The number of allylic oxidation sites excluding steroid dienone is 1. The summed E-state index contributed by atoms with van der Waals surface area (Å²) >= 11 is 0. The Hall–Kier alpha value is -0.700. The van der Waals surface area contributed by atoms with E-state index in [1.807, 2.05) is 0 Å². The van der Waals surface area contributed by atoms with Crippen molar-refractivity contribution in [3.63, 3.8) is 0 Å². The lowest BCUT2D eigenvalue weighted by molar-refractivity contribution is 0.383. The Balaban J connectivity index is 2.52. The Labute approximate surface area is 69.7 Å². The summed E-state index contributed by atoms with van der Waals surface area (Å²) in [6.07, 6.45) is 11.1. The monoisotopic (exact) mass is 148 g/mol. The SMILES string of the molecule is C#CCC[C@@]1(C)CCCC1=C. The predicted octanol–water partition coefficient (Wildman–Crippen LogP) is 3.15. The molecular weight excluding hydrogens is 132 g/mol. The highest BCUT2D eigenvalue weighted by molar-refractivity contribution is 5.14. The minimum atomic E-state index is 0.367. The molecule has 1 rings (SSSR count). The molecule has 0 aliphatic heterocycles. The van der Waals surface area contributed by atoms with Crippen LogP contribution in [0.2, 0.25) is 0 Å². The highest BCUT2D eigenvalue weighted by atomic mass is 14.4. The van der Waals surface area contributed by atoms with Crippen molar-refractivity contribution in [2.75, 3.05) is 0 Å². The number of rotatable bonds is 2. The molecule has 1 aliphatic rings. The van der Waals surface area contributed by atoms with Crippen molar-refractivity contribution in [1.82, 2.24) is 0 Å². The molecule has 0 aromatic heterocycles. The molecular formula is C11H16. The van der Waals surface area contributed by atoms with E-state index in [0.717, 1.165) is 12.8 Å². The lowest BCUT2D eigenvalue weighted by atomic mass is 9.81. The minimum Gasteiger partial charge on any atom is -0.120 e. The van der Waals surface area contributed by atoms with E-state index in [1.165, 1.54) is 24.8 Å². The molecule has 1 saturated carbocycles. The van der Waals surface area contributed by atoms with Gasteiger partial charge in [0, 0.05) is 6.42 Å². The van der Waals surface area contributed by atoms with Gasteiger partial charge in [0.2, 0.25) is 0 Å². The molecule has 0 bridgehead atoms. The van der Waals surface area contributed by atoms with Crippen LogP contribution < -0.4 is 0 Å². The highest BCUT2D eigenvalue weighted by Crippen LogP contribution is 2.44. The van der Waals surface area contributed by atoms with Crippen LogP contribution >= 0.6 is 0 Å². The average Bonchev–Trinajstić information content (AvgIpc) is 2.30. The van der Waals surface area contributed by atoms with Crippen LogP contribution in [0.1, 0.15) is 39.0 Å². The zero-order valence-electron chi connectivity index (χ0n) is 7.32. The van der Waals surface area contributed by atoms with Crippen molar-refractivity contribution in [3.05, 3.63) is 12.2 Å². The molecule has 1 atom stereocenters. The standard InChI is InChI=1S/C11H16/c1-4-5-8-11(3)9-6-7-10(11)2/h1H,2,5-9H2,3H3/t11-/m0/s1. The fourth-order valence-corrected chi connectivity index (χ4v) is 1.82. The van der Waals surface area contributed by atoms with Gasteiger partial charge in [0.1, 0.15) is 0 Å². The van der Waals surface area contributed by atoms with Crippen LogP contribution in [0, 0.1) is 17.8 Å². The lowest BCUT2D eigenvalue weighted by Crippen LogP contribution is -2.12. The maximum absolute atomic E-state index is 5.23. The molecule has 60 valence electrons. The zero-order chi connectivity index (χ0) is 8.32. The van der Waals surface area contributed by atoms with Crippen LogP contribution in [0.25, 0.3) is 0 Å². The second-order valence-corrected chi connectivity index (χ2v) is 3.72. The largest absolute Gasteiger partial charge is 0.120 e. The lowest BCUT2D eigenvalue weighted by Gasteiger charge is -2.24. The van der Waals surface area contributed by atoms with Crippen LogP contribution in [0.15, 0.2) is 12.2 Å². The van der Waals surface area contributed by atoms with Crippen molar-refractivity contribution in [2.45, 2.75) is 39.0 Å². The van der Waals surface area contributed by atoms with Gasteiger partial charge in [-0.25, -0.2) is 0 Å². The Morgan fingerprint density at radius 2 is 2.45 bits per heavy atom.